The molecule has 0 bridgehead atoms. The average Bonchev–Trinajstić information content (AvgIpc) is 2.55. The molecule has 0 saturated heterocycles. The Morgan fingerprint density at radius 3 is 2.46 bits per heavy atom. The summed E-state index contributed by atoms with van der Waals surface area (Å²) in [5, 5.41) is 6.30. The van der Waals surface area contributed by atoms with Gasteiger partial charge in [-0.3, -0.25) is 4.79 Å². The van der Waals surface area contributed by atoms with E-state index < -0.39 is 0 Å². The van der Waals surface area contributed by atoms with Crippen LogP contribution in [0.5, 0.6) is 11.5 Å². The van der Waals surface area contributed by atoms with E-state index in [1.807, 2.05) is 25.1 Å². The van der Waals surface area contributed by atoms with Crippen molar-refractivity contribution >= 4 is 44.8 Å². The van der Waals surface area contributed by atoms with Crippen LogP contribution in [0, 0.1) is 6.92 Å². The SMILES string of the molecule is COc1cc(NCC(=O)Nc2ccc(C)cc2Br)c(OC)cc1Cl. The molecule has 0 aliphatic heterocycles. The zero-order valence-corrected chi connectivity index (χ0v) is 15.9. The lowest BCUT2D eigenvalue weighted by molar-refractivity contribution is -0.114. The van der Waals surface area contributed by atoms with Crippen LogP contribution in [0.1, 0.15) is 5.56 Å². The maximum atomic E-state index is 12.2. The largest absolute Gasteiger partial charge is 0.495 e. The maximum Gasteiger partial charge on any atom is 0.243 e. The van der Waals surface area contributed by atoms with Crippen LogP contribution >= 0.6 is 27.5 Å². The Morgan fingerprint density at radius 2 is 1.83 bits per heavy atom. The van der Waals surface area contributed by atoms with E-state index in [9.17, 15) is 4.79 Å². The summed E-state index contributed by atoms with van der Waals surface area (Å²) < 4.78 is 11.3. The van der Waals surface area contributed by atoms with Crippen molar-refractivity contribution < 1.29 is 14.3 Å². The Balaban J connectivity index is 2.06. The van der Waals surface area contributed by atoms with Gasteiger partial charge in [0.05, 0.1) is 37.2 Å². The Bertz CT molecular complexity index is 753. The topological polar surface area (TPSA) is 59.6 Å². The van der Waals surface area contributed by atoms with Crippen molar-refractivity contribution in [1.82, 2.24) is 0 Å². The fourth-order valence-corrected chi connectivity index (χ4v) is 2.91. The first-order valence-corrected chi connectivity index (χ1v) is 8.33. The molecule has 128 valence electrons. The number of hydrogen-bond donors (Lipinski definition) is 2. The second-order valence-electron chi connectivity index (χ2n) is 5.07. The second-order valence-corrected chi connectivity index (χ2v) is 6.33. The van der Waals surface area contributed by atoms with Crippen LogP contribution in [0.3, 0.4) is 0 Å². The summed E-state index contributed by atoms with van der Waals surface area (Å²) in [4.78, 5) is 12.2. The third kappa shape index (κ3) is 4.55. The van der Waals surface area contributed by atoms with Gasteiger partial charge >= 0.3 is 0 Å². The minimum absolute atomic E-state index is 0.0709. The van der Waals surface area contributed by atoms with Crippen LogP contribution in [0.4, 0.5) is 11.4 Å². The Morgan fingerprint density at radius 1 is 1.12 bits per heavy atom. The van der Waals surface area contributed by atoms with Gasteiger partial charge in [0.25, 0.3) is 0 Å². The fourth-order valence-electron chi connectivity index (χ4n) is 2.09. The first-order valence-electron chi connectivity index (χ1n) is 7.16. The molecule has 2 N–H and O–H groups in total. The predicted molar refractivity (Wildman–Crippen MR) is 101 cm³/mol. The van der Waals surface area contributed by atoms with Crippen molar-refractivity contribution in [2.45, 2.75) is 6.92 Å². The summed E-state index contributed by atoms with van der Waals surface area (Å²) in [6.07, 6.45) is 0. The summed E-state index contributed by atoms with van der Waals surface area (Å²) in [6, 6.07) is 9.05. The highest BCUT2D eigenvalue weighted by molar-refractivity contribution is 9.10. The summed E-state index contributed by atoms with van der Waals surface area (Å²) in [5.74, 6) is 0.849. The number of nitrogens with one attached hydrogen (secondary N) is 2. The number of anilines is 2. The van der Waals surface area contributed by atoms with Crippen molar-refractivity contribution in [3.05, 3.63) is 45.4 Å². The van der Waals surface area contributed by atoms with Gasteiger partial charge in [-0.2, -0.15) is 0 Å². The summed E-state index contributed by atoms with van der Waals surface area (Å²) in [7, 11) is 3.06. The van der Waals surface area contributed by atoms with E-state index in [0.717, 1.165) is 10.0 Å². The van der Waals surface area contributed by atoms with E-state index >= 15 is 0 Å². The van der Waals surface area contributed by atoms with Gasteiger partial charge < -0.3 is 20.1 Å². The number of amides is 1. The Hall–Kier alpha value is -1.92. The van der Waals surface area contributed by atoms with Crippen molar-refractivity contribution in [3.63, 3.8) is 0 Å². The number of hydrogen-bond acceptors (Lipinski definition) is 4. The van der Waals surface area contributed by atoms with Crippen molar-refractivity contribution in [2.24, 2.45) is 0 Å². The fraction of sp³-hybridized carbons (Fsp3) is 0.235. The molecule has 0 heterocycles. The number of halogens is 2. The highest BCUT2D eigenvalue weighted by Crippen LogP contribution is 2.35. The number of aryl methyl sites for hydroxylation is 1. The zero-order valence-electron chi connectivity index (χ0n) is 13.6. The van der Waals surface area contributed by atoms with Gasteiger partial charge in [0.15, 0.2) is 0 Å². The Labute approximate surface area is 154 Å². The molecule has 0 radical (unpaired) electrons. The molecular formula is C17H18BrClN2O3. The van der Waals surface area contributed by atoms with E-state index in [1.165, 1.54) is 14.2 Å². The average molecular weight is 414 g/mol. The van der Waals surface area contributed by atoms with E-state index in [-0.39, 0.29) is 12.5 Å². The summed E-state index contributed by atoms with van der Waals surface area (Å²) in [5.41, 5.74) is 2.45. The van der Waals surface area contributed by atoms with Gasteiger partial charge in [-0.15, -0.1) is 0 Å². The molecule has 5 nitrogen and oxygen atoms in total. The van der Waals surface area contributed by atoms with Crippen LogP contribution in [-0.4, -0.2) is 26.7 Å². The first-order chi connectivity index (χ1) is 11.4. The summed E-state index contributed by atoms with van der Waals surface area (Å²) in [6.45, 7) is 2.06. The van der Waals surface area contributed by atoms with Gasteiger partial charge in [0, 0.05) is 16.6 Å². The molecule has 0 aromatic heterocycles. The molecule has 0 unspecified atom stereocenters. The lowest BCUT2D eigenvalue weighted by atomic mass is 10.2. The quantitative estimate of drug-likeness (QED) is 0.733. The minimum atomic E-state index is -0.185. The molecule has 2 aromatic rings. The van der Waals surface area contributed by atoms with E-state index in [1.54, 1.807) is 12.1 Å². The molecule has 0 fully saturated rings. The molecule has 0 spiro atoms. The summed E-state index contributed by atoms with van der Waals surface area (Å²) >= 11 is 9.50. The first kappa shape index (κ1) is 18.4. The van der Waals surface area contributed by atoms with Crippen LogP contribution in [0.2, 0.25) is 5.02 Å². The number of ether oxygens (including phenoxy) is 2. The zero-order chi connectivity index (χ0) is 17.7. The van der Waals surface area contributed by atoms with Gasteiger partial charge in [0.2, 0.25) is 5.91 Å². The predicted octanol–water partition coefficient (Wildman–Crippen LogP) is 4.48. The third-order valence-corrected chi connectivity index (χ3v) is 4.26. The molecule has 0 atom stereocenters. The second kappa shape index (κ2) is 8.26. The van der Waals surface area contributed by atoms with Crippen LogP contribution in [-0.2, 0) is 4.79 Å². The number of carbonyl (C=O) groups excluding carboxylic acids is 1. The number of methoxy groups -OCH3 is 2. The lowest BCUT2D eigenvalue weighted by Gasteiger charge is -2.14. The van der Waals surface area contributed by atoms with Crippen molar-refractivity contribution in [2.75, 3.05) is 31.4 Å². The number of rotatable bonds is 6. The normalized spacial score (nSPS) is 10.2. The van der Waals surface area contributed by atoms with Gasteiger partial charge in [-0.05, 0) is 40.5 Å². The number of carbonyl (C=O) groups is 1. The molecule has 0 aliphatic rings. The highest BCUT2D eigenvalue weighted by atomic mass is 79.9. The monoisotopic (exact) mass is 412 g/mol. The smallest absolute Gasteiger partial charge is 0.243 e. The molecule has 0 saturated carbocycles. The van der Waals surface area contributed by atoms with E-state index in [2.05, 4.69) is 26.6 Å². The molecule has 1 amide bonds. The van der Waals surface area contributed by atoms with Crippen LogP contribution in [0.25, 0.3) is 0 Å². The van der Waals surface area contributed by atoms with Gasteiger partial charge in [0.1, 0.15) is 11.5 Å². The molecular weight excluding hydrogens is 396 g/mol. The molecule has 2 aromatic carbocycles. The Kier molecular flexibility index (Phi) is 6.34. The van der Waals surface area contributed by atoms with Gasteiger partial charge in [-0.1, -0.05) is 17.7 Å². The van der Waals surface area contributed by atoms with Crippen LogP contribution < -0.4 is 20.1 Å². The van der Waals surface area contributed by atoms with E-state index in [0.29, 0.717) is 27.9 Å². The highest BCUT2D eigenvalue weighted by Gasteiger charge is 2.12. The molecule has 24 heavy (non-hydrogen) atoms. The number of benzene rings is 2. The van der Waals surface area contributed by atoms with Crippen LogP contribution in [0.15, 0.2) is 34.8 Å². The van der Waals surface area contributed by atoms with E-state index in [4.69, 9.17) is 21.1 Å². The minimum Gasteiger partial charge on any atom is -0.495 e. The van der Waals surface area contributed by atoms with Crippen molar-refractivity contribution in [1.29, 1.82) is 0 Å². The molecule has 0 aliphatic carbocycles. The maximum absolute atomic E-state index is 12.2. The van der Waals surface area contributed by atoms with Crippen molar-refractivity contribution in [3.8, 4) is 11.5 Å². The third-order valence-electron chi connectivity index (χ3n) is 3.31. The lowest BCUT2D eigenvalue weighted by Crippen LogP contribution is -2.22. The molecule has 2 rings (SSSR count). The standard InChI is InChI=1S/C17H18BrClN2O3/c1-10-4-5-13(11(18)6-10)21-17(22)9-20-14-8-15(23-2)12(19)7-16(14)24-3/h4-8,20H,9H2,1-3H3,(H,21,22). The van der Waals surface area contributed by atoms with Gasteiger partial charge in [-0.25, -0.2) is 0 Å². The molecule has 7 heteroatoms.